The zero-order valence-corrected chi connectivity index (χ0v) is 18.5. The summed E-state index contributed by atoms with van der Waals surface area (Å²) in [5, 5.41) is 0. The van der Waals surface area contributed by atoms with Gasteiger partial charge >= 0.3 is 0 Å². The molecule has 0 spiro atoms. The van der Waals surface area contributed by atoms with Gasteiger partial charge in [-0.25, -0.2) is 0 Å². The first-order valence-electron chi connectivity index (χ1n) is 10.3. The molecule has 0 saturated heterocycles. The van der Waals surface area contributed by atoms with Crippen LogP contribution in [-0.2, 0) is 0 Å². The molecule has 0 aromatic rings. The van der Waals surface area contributed by atoms with Gasteiger partial charge in [-0.05, 0) is 220 Å². The van der Waals surface area contributed by atoms with Gasteiger partial charge in [0.25, 0.3) is 0 Å². The highest BCUT2D eigenvalue weighted by atomic mass is 13.3. The van der Waals surface area contributed by atoms with E-state index in [2.05, 4.69) is 0 Å². The fourth-order valence-electron chi connectivity index (χ4n) is 4.88. The maximum Gasteiger partial charge on any atom is -0.0000000000000851 e. The van der Waals surface area contributed by atoms with Crippen molar-refractivity contribution in [3.05, 3.63) is 0 Å². The second-order valence-electron chi connectivity index (χ2n) is 8.66. The Morgan fingerprint density at radius 2 is 0.515 bits per heavy atom. The van der Waals surface area contributed by atoms with Crippen LogP contribution in [0.4, 0.5) is 0 Å². The van der Waals surface area contributed by atoms with E-state index in [1.54, 1.807) is 0 Å². The number of rotatable bonds is 15. The molecule has 0 atom stereocenters. The lowest BCUT2D eigenvalue weighted by Crippen LogP contribution is -2.89. The van der Waals surface area contributed by atoms with Crippen LogP contribution in [0.3, 0.4) is 0 Å². The van der Waals surface area contributed by atoms with E-state index in [1.807, 2.05) is 7.06 Å². The standard InChI is InChI=1S/B33H3/c1-18-27(19(2)3)31(26(16)17)33(30(24(12)13)25(14)15)32(28(20(4)5)21(6)7)29(22(8)9)23(10)11/h1H3/q-1. The number of hydrogen-bond acceptors (Lipinski definition) is 0. The molecule has 0 aromatic heterocycles. The largest absolute Gasteiger partial charge is 0.158 e. The molecule has 0 aliphatic heterocycles. The van der Waals surface area contributed by atoms with Crippen molar-refractivity contribution in [3.8, 4) is 0 Å². The van der Waals surface area contributed by atoms with Gasteiger partial charge in [-0.2, -0.15) is 7.06 Å². The maximum absolute atomic E-state index is 6.29. The second-order valence-corrected chi connectivity index (χ2v) is 8.66. The third-order valence-electron chi connectivity index (χ3n) is 6.22. The summed E-state index contributed by atoms with van der Waals surface area (Å²) < 4.78 is 0. The van der Waals surface area contributed by atoms with Gasteiger partial charge in [-0.1, -0.05) is 7.74 Å². The molecular weight excluding hydrogens is 357 g/mol. The van der Waals surface area contributed by atoms with Gasteiger partial charge < -0.3 is 0 Å². The molecule has 0 amide bonds. The van der Waals surface area contributed by atoms with E-state index < -0.39 is 95.8 Å². The lowest BCUT2D eigenvalue weighted by atomic mass is 8.30. The maximum atomic E-state index is 6.29. The van der Waals surface area contributed by atoms with Crippen LogP contribution in [0.2, 0.25) is 0 Å². The van der Waals surface area contributed by atoms with Gasteiger partial charge in [0.2, 0.25) is 0 Å². The molecule has 33 radical (unpaired) electrons. The van der Waals surface area contributed by atoms with Crippen molar-refractivity contribution < 1.29 is 0 Å². The summed E-state index contributed by atoms with van der Waals surface area (Å²) in [6.07, 6.45) is -13.3. The quantitative estimate of drug-likeness (QED) is 0.255. The van der Waals surface area contributed by atoms with Crippen molar-refractivity contribution in [3.63, 3.8) is 0 Å². The Bertz CT molecular complexity index is 448. The van der Waals surface area contributed by atoms with Crippen molar-refractivity contribution in [1.29, 1.82) is 0 Å². The SMILES string of the molecule is [B]B([B])B([B][BH3-])B(B([B])[B])B(B(B([B])[B])B([B])[B])B(B(B([B])[B])B([B])[B])B(B([B])[B])B([B])[B]. The molecule has 0 bridgehead atoms. The molecule has 0 fully saturated rings. The van der Waals surface area contributed by atoms with E-state index in [0.717, 1.165) is 0 Å². The van der Waals surface area contributed by atoms with Gasteiger partial charge in [0.15, 0.2) is 0 Å². The smallest absolute Gasteiger partial charge is 0.0000000000000851 e. The molecule has 33 heteroatoms. The molecule has 0 unspecified atom stereocenters. The lowest BCUT2D eigenvalue weighted by molar-refractivity contribution is 3.24. The Morgan fingerprint density at radius 3 is 0.667 bits per heavy atom. The molecule has 0 rings (SSSR count). The predicted molar refractivity (Wildman–Crippen MR) is 194 cm³/mol. The van der Waals surface area contributed by atoms with Gasteiger partial charge in [0.1, 0.15) is 0 Å². The van der Waals surface area contributed by atoms with Crippen molar-refractivity contribution in [2.45, 2.75) is 0 Å². The van der Waals surface area contributed by atoms with E-state index in [-0.39, 0.29) is 7.74 Å². The fraction of sp³-hybridized carbons (Fsp3) is 0. The third-order valence-corrected chi connectivity index (χ3v) is 6.22. The molecule has 0 N–H and O–H groups in total. The average Bonchev–Trinajstić information content (AvgIpc) is 2.61. The summed E-state index contributed by atoms with van der Waals surface area (Å²) in [5.74, 6) is 0. The minimum Gasteiger partial charge on any atom is -0.158 e. The first kappa shape index (κ1) is 35.1. The molecule has 103 valence electrons. The van der Waals surface area contributed by atoms with Crippen LogP contribution >= 0.6 is 0 Å². The summed E-state index contributed by atoms with van der Waals surface area (Å²) in [4.78, 5) is 0. The molecule has 0 aliphatic carbocycles. The highest BCUT2D eigenvalue weighted by molar-refractivity contribution is 8.29. The van der Waals surface area contributed by atoms with Crippen LogP contribution in [-0.4, -0.2) is 234 Å². The van der Waals surface area contributed by atoms with Crippen molar-refractivity contribution in [2.24, 2.45) is 0 Å². The minimum absolute atomic E-state index is 0.312. The molecular formula is H3B33-. The van der Waals surface area contributed by atoms with Crippen LogP contribution in [0.1, 0.15) is 0 Å². The summed E-state index contributed by atoms with van der Waals surface area (Å²) in [6.45, 7) is 0. The van der Waals surface area contributed by atoms with Gasteiger partial charge in [-0.3, -0.25) is 0 Å². The zero-order chi connectivity index (χ0) is 26.4. The monoisotopic (exact) mass is 366 g/mol. The van der Waals surface area contributed by atoms with Crippen molar-refractivity contribution in [1.82, 2.24) is 0 Å². The summed E-state index contributed by atoms with van der Waals surface area (Å²) in [6, 6.07) is 0. The zero-order valence-electron chi connectivity index (χ0n) is 18.5. The fourth-order valence-corrected chi connectivity index (χ4v) is 4.88. The highest BCUT2D eigenvalue weighted by Crippen LogP contribution is 2.15. The molecule has 0 aliphatic rings. The summed E-state index contributed by atoms with van der Waals surface area (Å²) in [7, 11) is 100. The Balaban J connectivity index is 7.45. The van der Waals surface area contributed by atoms with Crippen LogP contribution in [0.5, 0.6) is 0 Å². The van der Waals surface area contributed by atoms with Crippen LogP contribution in [0, 0.1) is 0 Å². The van der Waals surface area contributed by atoms with Gasteiger partial charge in [-0.15, -0.1) is 0 Å². The average molecular weight is 360 g/mol. The molecule has 0 aromatic carbocycles. The van der Waals surface area contributed by atoms with Gasteiger partial charge in [0.05, 0.1) is 0 Å². The van der Waals surface area contributed by atoms with Crippen LogP contribution in [0.25, 0.3) is 0 Å². The van der Waals surface area contributed by atoms with E-state index in [9.17, 15) is 0 Å². The Morgan fingerprint density at radius 1 is 0.303 bits per heavy atom. The Hall–Kier alpha value is 2.14. The van der Waals surface area contributed by atoms with Crippen molar-refractivity contribution in [2.75, 3.05) is 0 Å². The predicted octanol–water partition coefficient (Wildman–Crippen LogP) is -13.4. The second kappa shape index (κ2) is 16.2. The van der Waals surface area contributed by atoms with Crippen LogP contribution < -0.4 is 0 Å². The third kappa shape index (κ3) is 9.75. The molecule has 0 heterocycles. The minimum atomic E-state index is -1.05. The van der Waals surface area contributed by atoms with E-state index in [1.165, 1.54) is 0 Å². The first-order valence-corrected chi connectivity index (χ1v) is 10.3. The summed E-state index contributed by atoms with van der Waals surface area (Å²) >= 11 is 0. The summed E-state index contributed by atoms with van der Waals surface area (Å²) in [5.41, 5.74) is 0. The van der Waals surface area contributed by atoms with Crippen molar-refractivity contribution >= 4 is 234 Å². The normalized spacial score (nSPS) is 9.48. The van der Waals surface area contributed by atoms with E-state index in [4.69, 9.17) is 124 Å². The first-order chi connectivity index (χ1) is 15.0. The Kier molecular flexibility index (Phi) is 17.2. The molecule has 0 saturated carbocycles. The highest BCUT2D eigenvalue weighted by Gasteiger charge is 2.53. The topological polar surface area (TPSA) is 0 Å². The number of hydrogen-bond donors (Lipinski definition) is 0. The molecule has 0 nitrogen and oxygen atoms in total. The van der Waals surface area contributed by atoms with E-state index >= 15 is 0 Å². The van der Waals surface area contributed by atoms with E-state index in [0.29, 0.717) is 0 Å². The Labute approximate surface area is 233 Å². The van der Waals surface area contributed by atoms with Gasteiger partial charge in [0, 0.05) is 0 Å². The molecule has 33 heavy (non-hydrogen) atoms. The van der Waals surface area contributed by atoms with Crippen LogP contribution in [0.15, 0.2) is 0 Å². The lowest BCUT2D eigenvalue weighted by Gasteiger charge is -2.52.